The molecule has 0 radical (unpaired) electrons. The lowest BCUT2D eigenvalue weighted by Gasteiger charge is -2.16. The van der Waals surface area contributed by atoms with Crippen LogP contribution in [0.5, 0.6) is 0 Å². The maximum atomic E-state index is 11.7. The van der Waals surface area contributed by atoms with Crippen LogP contribution in [0.2, 0.25) is 0 Å². The van der Waals surface area contributed by atoms with Crippen LogP contribution in [-0.4, -0.2) is 54.6 Å². The highest BCUT2D eigenvalue weighted by Gasteiger charge is 2.28. The minimum Gasteiger partial charge on any atom is -0.480 e. The maximum Gasteiger partial charge on any atom is 0.326 e. The van der Waals surface area contributed by atoms with Gasteiger partial charge in [0.25, 0.3) is 0 Å². The second-order valence-electron chi connectivity index (χ2n) is 4.64. The molecule has 0 aromatic rings. The third-order valence-corrected chi connectivity index (χ3v) is 5.04. The van der Waals surface area contributed by atoms with Crippen molar-refractivity contribution in [3.05, 3.63) is 12.7 Å². The predicted octanol–water partition coefficient (Wildman–Crippen LogP) is -0.0524. The Morgan fingerprint density at radius 1 is 1.45 bits per heavy atom. The zero-order chi connectivity index (χ0) is 15.2. The topological polar surface area (TPSA) is 104 Å². The standard InChI is InChI=1S/C12H20N2O5S/c1-2-3-5-10(12(16)17)13-11(15)6-8-14-7-4-9-20(14,18)19/h2,10H,1,3-9H2,(H,13,15)(H,16,17). The average Bonchev–Trinajstić information content (AvgIpc) is 2.70. The zero-order valence-corrected chi connectivity index (χ0v) is 12.1. The van der Waals surface area contributed by atoms with Crippen LogP contribution in [0.25, 0.3) is 0 Å². The van der Waals surface area contributed by atoms with E-state index in [0.29, 0.717) is 19.4 Å². The molecule has 1 saturated heterocycles. The van der Waals surface area contributed by atoms with E-state index < -0.39 is 27.9 Å². The fourth-order valence-electron chi connectivity index (χ4n) is 1.98. The maximum absolute atomic E-state index is 11.7. The summed E-state index contributed by atoms with van der Waals surface area (Å²) in [5, 5.41) is 11.4. The van der Waals surface area contributed by atoms with Crippen LogP contribution in [-0.2, 0) is 19.6 Å². The average molecular weight is 304 g/mol. The normalized spacial score (nSPS) is 19.4. The SMILES string of the molecule is C=CCCC(NC(=O)CCN1CCCS1(=O)=O)C(=O)O. The number of carboxylic acids is 1. The van der Waals surface area contributed by atoms with E-state index >= 15 is 0 Å². The molecule has 8 heteroatoms. The van der Waals surface area contributed by atoms with Crippen molar-refractivity contribution in [2.45, 2.75) is 31.7 Å². The summed E-state index contributed by atoms with van der Waals surface area (Å²) in [7, 11) is -3.22. The molecule has 1 aliphatic rings. The highest BCUT2D eigenvalue weighted by atomic mass is 32.2. The fraction of sp³-hybridized carbons (Fsp3) is 0.667. The van der Waals surface area contributed by atoms with Crippen LogP contribution in [0.3, 0.4) is 0 Å². The van der Waals surface area contributed by atoms with Crippen LogP contribution in [0.4, 0.5) is 0 Å². The van der Waals surface area contributed by atoms with Crippen molar-refractivity contribution >= 4 is 21.9 Å². The monoisotopic (exact) mass is 304 g/mol. The van der Waals surface area contributed by atoms with Gasteiger partial charge in [0.05, 0.1) is 5.75 Å². The number of aliphatic carboxylic acids is 1. The lowest BCUT2D eigenvalue weighted by atomic mass is 10.1. The molecule has 1 heterocycles. The summed E-state index contributed by atoms with van der Waals surface area (Å²) < 4.78 is 24.3. The van der Waals surface area contributed by atoms with E-state index in [1.165, 1.54) is 4.31 Å². The number of hydrogen-bond acceptors (Lipinski definition) is 4. The number of sulfonamides is 1. The summed E-state index contributed by atoms with van der Waals surface area (Å²) >= 11 is 0. The Balaban J connectivity index is 2.42. The first-order chi connectivity index (χ1) is 9.36. The van der Waals surface area contributed by atoms with Crippen molar-refractivity contribution < 1.29 is 23.1 Å². The molecular weight excluding hydrogens is 284 g/mol. The Kier molecular flexibility index (Phi) is 6.15. The molecule has 0 aromatic carbocycles. The highest BCUT2D eigenvalue weighted by molar-refractivity contribution is 7.89. The van der Waals surface area contributed by atoms with E-state index in [4.69, 9.17) is 5.11 Å². The van der Waals surface area contributed by atoms with Crippen LogP contribution >= 0.6 is 0 Å². The van der Waals surface area contributed by atoms with Gasteiger partial charge in [0.1, 0.15) is 6.04 Å². The summed E-state index contributed by atoms with van der Waals surface area (Å²) in [5.74, 6) is -1.44. The van der Waals surface area contributed by atoms with E-state index in [2.05, 4.69) is 11.9 Å². The van der Waals surface area contributed by atoms with Gasteiger partial charge in [-0.25, -0.2) is 17.5 Å². The van der Waals surface area contributed by atoms with Crippen molar-refractivity contribution in [1.82, 2.24) is 9.62 Å². The Hall–Kier alpha value is -1.41. The first-order valence-corrected chi connectivity index (χ1v) is 8.08. The van der Waals surface area contributed by atoms with Gasteiger partial charge in [0.15, 0.2) is 0 Å². The van der Waals surface area contributed by atoms with Gasteiger partial charge in [-0.3, -0.25) is 4.79 Å². The number of rotatable bonds is 8. The van der Waals surface area contributed by atoms with E-state index in [-0.39, 0.29) is 25.1 Å². The fourth-order valence-corrected chi connectivity index (χ4v) is 3.51. The highest BCUT2D eigenvalue weighted by Crippen LogP contribution is 2.13. The second kappa shape index (κ2) is 7.39. The van der Waals surface area contributed by atoms with Crippen molar-refractivity contribution in [3.8, 4) is 0 Å². The molecule has 7 nitrogen and oxygen atoms in total. The van der Waals surface area contributed by atoms with Crippen molar-refractivity contribution in [2.75, 3.05) is 18.8 Å². The summed E-state index contributed by atoms with van der Waals surface area (Å²) in [5.41, 5.74) is 0. The number of nitrogens with zero attached hydrogens (tertiary/aromatic N) is 1. The van der Waals surface area contributed by atoms with E-state index in [1.807, 2.05) is 0 Å². The number of allylic oxidation sites excluding steroid dienone is 1. The molecule has 0 spiro atoms. The molecule has 0 aliphatic carbocycles. The number of carbonyl (C=O) groups excluding carboxylic acids is 1. The quantitative estimate of drug-likeness (QED) is 0.612. The van der Waals surface area contributed by atoms with Crippen LogP contribution in [0.15, 0.2) is 12.7 Å². The molecule has 0 saturated carbocycles. The first kappa shape index (κ1) is 16.6. The van der Waals surface area contributed by atoms with Gasteiger partial charge in [-0.1, -0.05) is 6.08 Å². The molecule has 1 aliphatic heterocycles. The van der Waals surface area contributed by atoms with Gasteiger partial charge in [-0.15, -0.1) is 6.58 Å². The molecule has 2 N–H and O–H groups in total. The Morgan fingerprint density at radius 2 is 2.15 bits per heavy atom. The van der Waals surface area contributed by atoms with E-state index in [0.717, 1.165) is 0 Å². The molecule has 1 amide bonds. The lowest BCUT2D eigenvalue weighted by molar-refractivity contribution is -0.142. The zero-order valence-electron chi connectivity index (χ0n) is 11.2. The third kappa shape index (κ3) is 4.93. The molecule has 1 fully saturated rings. The summed E-state index contributed by atoms with van der Waals surface area (Å²) in [6, 6.07) is -0.962. The minimum atomic E-state index is -3.22. The van der Waals surface area contributed by atoms with Crippen molar-refractivity contribution in [1.29, 1.82) is 0 Å². The summed E-state index contributed by atoms with van der Waals surface area (Å²) in [4.78, 5) is 22.6. The van der Waals surface area contributed by atoms with Crippen LogP contribution < -0.4 is 5.32 Å². The molecule has 0 aromatic heterocycles. The van der Waals surface area contributed by atoms with Gasteiger partial charge in [0.2, 0.25) is 15.9 Å². The molecule has 1 atom stereocenters. The Labute approximate surface area is 118 Å². The molecule has 20 heavy (non-hydrogen) atoms. The molecule has 114 valence electrons. The second-order valence-corrected chi connectivity index (χ2v) is 6.73. The number of amides is 1. The smallest absolute Gasteiger partial charge is 0.326 e. The summed E-state index contributed by atoms with van der Waals surface area (Å²) in [6.45, 7) is 4.02. The number of carbonyl (C=O) groups is 2. The van der Waals surface area contributed by atoms with Crippen LogP contribution in [0.1, 0.15) is 25.7 Å². The molecule has 0 bridgehead atoms. The predicted molar refractivity (Wildman–Crippen MR) is 73.6 cm³/mol. The first-order valence-electron chi connectivity index (χ1n) is 6.47. The van der Waals surface area contributed by atoms with Crippen molar-refractivity contribution in [2.24, 2.45) is 0 Å². The van der Waals surface area contributed by atoms with Gasteiger partial charge < -0.3 is 10.4 Å². The molecule has 1 unspecified atom stereocenters. The summed E-state index contributed by atoms with van der Waals surface area (Å²) in [6.07, 6.45) is 2.88. The van der Waals surface area contributed by atoms with Gasteiger partial charge in [0, 0.05) is 19.5 Å². The van der Waals surface area contributed by atoms with Gasteiger partial charge >= 0.3 is 5.97 Å². The van der Waals surface area contributed by atoms with E-state index in [1.54, 1.807) is 6.08 Å². The number of nitrogens with one attached hydrogen (secondary N) is 1. The largest absolute Gasteiger partial charge is 0.480 e. The Bertz CT molecular complexity index is 474. The van der Waals surface area contributed by atoms with Gasteiger partial charge in [-0.2, -0.15) is 0 Å². The third-order valence-electron chi connectivity index (χ3n) is 3.08. The number of carboxylic acid groups (broad SMARTS) is 1. The van der Waals surface area contributed by atoms with Gasteiger partial charge in [-0.05, 0) is 19.3 Å². The Morgan fingerprint density at radius 3 is 2.65 bits per heavy atom. The van der Waals surface area contributed by atoms with Crippen LogP contribution in [0, 0.1) is 0 Å². The number of hydrogen-bond donors (Lipinski definition) is 2. The minimum absolute atomic E-state index is 0.0307. The van der Waals surface area contributed by atoms with E-state index in [9.17, 15) is 18.0 Å². The molecule has 1 rings (SSSR count). The van der Waals surface area contributed by atoms with Crippen molar-refractivity contribution in [3.63, 3.8) is 0 Å². The molecular formula is C12H20N2O5S. The lowest BCUT2D eigenvalue weighted by Crippen LogP contribution is -2.42.